The van der Waals surface area contributed by atoms with Gasteiger partial charge in [-0.2, -0.15) is 4.98 Å². The van der Waals surface area contributed by atoms with E-state index in [1.54, 1.807) is 4.68 Å². The molecule has 1 saturated carbocycles. The molecular formula is C21H27N5O2. The Labute approximate surface area is 164 Å². The summed E-state index contributed by atoms with van der Waals surface area (Å²) in [6, 6.07) is 9.56. The van der Waals surface area contributed by atoms with Crippen LogP contribution in [0.25, 0.3) is 5.69 Å². The fourth-order valence-corrected chi connectivity index (χ4v) is 3.94. The minimum Gasteiger partial charge on any atom is -0.338 e. The van der Waals surface area contributed by atoms with Gasteiger partial charge >= 0.3 is 0 Å². The minimum absolute atomic E-state index is 0.0110. The van der Waals surface area contributed by atoms with Gasteiger partial charge in [-0.25, -0.2) is 4.68 Å². The lowest BCUT2D eigenvalue weighted by Gasteiger charge is -2.09. The van der Waals surface area contributed by atoms with E-state index in [1.165, 1.54) is 12.8 Å². The smallest absolute Gasteiger partial charge is 0.276 e. The Morgan fingerprint density at radius 1 is 1.25 bits per heavy atom. The van der Waals surface area contributed by atoms with Gasteiger partial charge in [-0.3, -0.25) is 9.48 Å². The molecule has 1 aliphatic carbocycles. The van der Waals surface area contributed by atoms with Crippen molar-refractivity contribution in [2.45, 2.75) is 58.0 Å². The molecule has 1 unspecified atom stereocenters. The van der Waals surface area contributed by atoms with E-state index in [-0.39, 0.29) is 11.6 Å². The molecule has 4 rings (SSSR count). The standard InChI is InChI=1S/C21H27N5O2/c1-14(20-23-19(24-28-20)16-9-7-8-10-16)22-13-18-15(2)25(3)26(21(18)27)17-11-5-4-6-12-17/h4-6,11-12,14,16,22H,7-10,13H2,1-3H3. The van der Waals surface area contributed by atoms with E-state index in [0.717, 1.165) is 35.6 Å². The molecule has 7 heteroatoms. The summed E-state index contributed by atoms with van der Waals surface area (Å²) in [4.78, 5) is 17.6. The quantitative estimate of drug-likeness (QED) is 0.708. The van der Waals surface area contributed by atoms with Crippen molar-refractivity contribution in [3.63, 3.8) is 0 Å². The molecule has 1 N–H and O–H groups in total. The fourth-order valence-electron chi connectivity index (χ4n) is 3.94. The largest absolute Gasteiger partial charge is 0.338 e. The van der Waals surface area contributed by atoms with Crippen molar-refractivity contribution < 1.29 is 4.52 Å². The molecule has 7 nitrogen and oxygen atoms in total. The number of nitrogens with zero attached hydrogens (tertiary/aromatic N) is 4. The Morgan fingerprint density at radius 2 is 1.96 bits per heavy atom. The van der Waals surface area contributed by atoms with Crippen molar-refractivity contribution in [3.05, 3.63) is 63.7 Å². The third-order valence-electron chi connectivity index (χ3n) is 5.81. The molecule has 1 aliphatic rings. The normalized spacial score (nSPS) is 16.0. The topological polar surface area (TPSA) is 77.9 Å². The predicted octanol–water partition coefficient (Wildman–Crippen LogP) is 3.38. The summed E-state index contributed by atoms with van der Waals surface area (Å²) in [6.45, 7) is 4.40. The zero-order valence-electron chi connectivity index (χ0n) is 16.7. The monoisotopic (exact) mass is 381 g/mol. The van der Waals surface area contributed by atoms with Crippen molar-refractivity contribution in [1.82, 2.24) is 24.8 Å². The summed E-state index contributed by atoms with van der Waals surface area (Å²) >= 11 is 0. The van der Waals surface area contributed by atoms with Crippen LogP contribution >= 0.6 is 0 Å². The van der Waals surface area contributed by atoms with Crippen LogP contribution < -0.4 is 10.9 Å². The first-order chi connectivity index (χ1) is 13.6. The summed E-state index contributed by atoms with van der Waals surface area (Å²) in [6.07, 6.45) is 4.76. The Balaban J connectivity index is 1.50. The number of para-hydroxylation sites is 1. The van der Waals surface area contributed by atoms with Crippen LogP contribution in [0.4, 0.5) is 0 Å². The maximum Gasteiger partial charge on any atom is 0.276 e. The summed E-state index contributed by atoms with van der Waals surface area (Å²) < 4.78 is 9.06. The molecule has 3 aromatic rings. The van der Waals surface area contributed by atoms with Crippen LogP contribution in [-0.2, 0) is 13.6 Å². The molecule has 1 fully saturated rings. The lowest BCUT2D eigenvalue weighted by Crippen LogP contribution is -2.25. The van der Waals surface area contributed by atoms with Crippen molar-refractivity contribution in [2.24, 2.45) is 7.05 Å². The number of rotatable bonds is 6. The van der Waals surface area contributed by atoms with E-state index in [2.05, 4.69) is 15.5 Å². The molecule has 0 bridgehead atoms. The SMILES string of the molecule is Cc1c(CNC(C)c2nc(C3CCCC3)no2)c(=O)n(-c2ccccc2)n1C. The van der Waals surface area contributed by atoms with Gasteiger partial charge in [0, 0.05) is 25.2 Å². The molecule has 1 aromatic carbocycles. The van der Waals surface area contributed by atoms with E-state index >= 15 is 0 Å². The number of benzene rings is 1. The predicted molar refractivity (Wildman–Crippen MR) is 107 cm³/mol. The van der Waals surface area contributed by atoms with Crippen molar-refractivity contribution in [1.29, 1.82) is 0 Å². The molecule has 28 heavy (non-hydrogen) atoms. The zero-order valence-corrected chi connectivity index (χ0v) is 16.7. The average molecular weight is 381 g/mol. The first-order valence-electron chi connectivity index (χ1n) is 9.96. The Kier molecular flexibility index (Phi) is 5.17. The average Bonchev–Trinajstić information content (AvgIpc) is 3.43. The molecule has 0 aliphatic heterocycles. The zero-order chi connectivity index (χ0) is 19.7. The molecule has 2 heterocycles. The van der Waals surface area contributed by atoms with Gasteiger partial charge in [0.2, 0.25) is 5.89 Å². The van der Waals surface area contributed by atoms with Gasteiger partial charge in [0.25, 0.3) is 5.56 Å². The van der Waals surface area contributed by atoms with Gasteiger partial charge in [0.15, 0.2) is 5.82 Å². The van der Waals surface area contributed by atoms with E-state index < -0.39 is 0 Å². The number of hydrogen-bond donors (Lipinski definition) is 1. The minimum atomic E-state index is -0.119. The fraction of sp³-hybridized carbons (Fsp3) is 0.476. The van der Waals surface area contributed by atoms with Gasteiger partial charge in [-0.1, -0.05) is 36.2 Å². The van der Waals surface area contributed by atoms with E-state index in [4.69, 9.17) is 4.52 Å². The summed E-state index contributed by atoms with van der Waals surface area (Å²) in [7, 11) is 1.91. The van der Waals surface area contributed by atoms with Gasteiger partial charge in [0.05, 0.1) is 17.3 Å². The van der Waals surface area contributed by atoms with Crippen LogP contribution in [0.5, 0.6) is 0 Å². The van der Waals surface area contributed by atoms with Gasteiger partial charge in [0.1, 0.15) is 0 Å². The maximum atomic E-state index is 13.0. The van der Waals surface area contributed by atoms with Gasteiger partial charge < -0.3 is 9.84 Å². The van der Waals surface area contributed by atoms with Crippen LogP contribution in [-0.4, -0.2) is 19.5 Å². The summed E-state index contributed by atoms with van der Waals surface area (Å²) in [5.41, 5.74) is 2.53. The number of hydrogen-bond acceptors (Lipinski definition) is 5. The van der Waals surface area contributed by atoms with Crippen LogP contribution in [0, 0.1) is 6.92 Å². The first-order valence-corrected chi connectivity index (χ1v) is 9.96. The van der Waals surface area contributed by atoms with Crippen LogP contribution in [0.2, 0.25) is 0 Å². The molecule has 0 radical (unpaired) electrons. The van der Waals surface area contributed by atoms with Crippen molar-refractivity contribution in [3.8, 4) is 5.69 Å². The molecule has 0 saturated heterocycles. The second kappa shape index (κ2) is 7.75. The van der Waals surface area contributed by atoms with Crippen LogP contribution in [0.1, 0.15) is 67.5 Å². The number of aromatic nitrogens is 4. The van der Waals surface area contributed by atoms with Crippen molar-refractivity contribution in [2.75, 3.05) is 0 Å². The van der Waals surface area contributed by atoms with E-state index in [0.29, 0.717) is 18.4 Å². The summed E-state index contributed by atoms with van der Waals surface area (Å²) in [5, 5.41) is 7.54. The second-order valence-corrected chi connectivity index (χ2v) is 7.61. The van der Waals surface area contributed by atoms with Crippen LogP contribution in [0.15, 0.2) is 39.6 Å². The highest BCUT2D eigenvalue weighted by Crippen LogP contribution is 2.32. The molecule has 0 spiro atoms. The maximum absolute atomic E-state index is 13.0. The van der Waals surface area contributed by atoms with Crippen molar-refractivity contribution >= 4 is 0 Å². The third-order valence-corrected chi connectivity index (χ3v) is 5.81. The molecular weight excluding hydrogens is 354 g/mol. The second-order valence-electron chi connectivity index (χ2n) is 7.61. The highest BCUT2D eigenvalue weighted by atomic mass is 16.5. The lowest BCUT2D eigenvalue weighted by atomic mass is 10.1. The molecule has 1 atom stereocenters. The molecule has 2 aromatic heterocycles. The molecule has 0 amide bonds. The highest BCUT2D eigenvalue weighted by Gasteiger charge is 2.24. The Bertz CT molecular complexity index is 996. The summed E-state index contributed by atoms with van der Waals surface area (Å²) in [5.74, 6) is 1.83. The third kappa shape index (κ3) is 3.42. The highest BCUT2D eigenvalue weighted by molar-refractivity contribution is 5.33. The first kappa shape index (κ1) is 18.7. The van der Waals surface area contributed by atoms with Crippen LogP contribution in [0.3, 0.4) is 0 Å². The Hall–Kier alpha value is -2.67. The Morgan fingerprint density at radius 3 is 2.68 bits per heavy atom. The van der Waals surface area contributed by atoms with E-state index in [1.807, 2.05) is 55.9 Å². The van der Waals surface area contributed by atoms with Gasteiger partial charge in [-0.15, -0.1) is 0 Å². The molecule has 148 valence electrons. The van der Waals surface area contributed by atoms with Gasteiger partial charge in [-0.05, 0) is 38.8 Å². The lowest BCUT2D eigenvalue weighted by molar-refractivity contribution is 0.333. The number of nitrogens with one attached hydrogen (secondary N) is 1. The van der Waals surface area contributed by atoms with E-state index in [9.17, 15) is 4.79 Å².